The first kappa shape index (κ1) is 14.1. The molecule has 3 amide bonds. The fourth-order valence-corrected chi connectivity index (χ4v) is 1.85. The summed E-state index contributed by atoms with van der Waals surface area (Å²) >= 11 is 0. The normalized spacial score (nSPS) is 18.4. The monoisotopic (exact) mass is 259 g/mol. The van der Waals surface area contributed by atoms with E-state index in [4.69, 9.17) is 10.8 Å². The average Bonchev–Trinajstić information content (AvgIpc) is 2.71. The van der Waals surface area contributed by atoms with Crippen LogP contribution in [0.5, 0.6) is 0 Å². The number of nitrogens with two attached hydrogens (primary N) is 1. The van der Waals surface area contributed by atoms with Gasteiger partial charge in [-0.25, -0.2) is 9.59 Å². The van der Waals surface area contributed by atoms with Gasteiger partial charge in [0.25, 0.3) is 0 Å². The third-order valence-corrected chi connectivity index (χ3v) is 2.66. The maximum Gasteiger partial charge on any atom is 0.404 e. The van der Waals surface area contributed by atoms with Crippen molar-refractivity contribution in [2.24, 2.45) is 11.7 Å². The number of rotatable bonds is 5. The molecule has 1 saturated heterocycles. The Labute approximate surface area is 104 Å². The molecule has 8 heteroatoms. The second-order valence-corrected chi connectivity index (χ2v) is 4.10. The fourth-order valence-electron chi connectivity index (χ4n) is 1.85. The number of hydrogen-bond acceptors (Lipinski definition) is 4. The predicted molar refractivity (Wildman–Crippen MR) is 60.9 cm³/mol. The van der Waals surface area contributed by atoms with Crippen LogP contribution >= 0.6 is 0 Å². The van der Waals surface area contributed by atoms with Crippen molar-refractivity contribution in [3.05, 3.63) is 0 Å². The predicted octanol–water partition coefficient (Wildman–Crippen LogP) is -0.412. The van der Waals surface area contributed by atoms with E-state index in [2.05, 4.69) is 10.1 Å². The van der Waals surface area contributed by atoms with E-state index in [0.29, 0.717) is 19.5 Å². The van der Waals surface area contributed by atoms with Crippen molar-refractivity contribution in [3.8, 4) is 0 Å². The molecule has 1 atom stereocenters. The number of carboxylic acids is 1. The highest BCUT2D eigenvalue weighted by Gasteiger charge is 2.27. The zero-order valence-electron chi connectivity index (χ0n) is 9.92. The van der Waals surface area contributed by atoms with E-state index in [1.54, 1.807) is 4.90 Å². The number of nitrogens with zero attached hydrogens (tertiary/aromatic N) is 1. The molecule has 18 heavy (non-hydrogen) atoms. The molecule has 1 unspecified atom stereocenters. The van der Waals surface area contributed by atoms with Gasteiger partial charge in [-0.3, -0.25) is 4.79 Å². The Bertz CT molecular complexity index is 333. The Balaban J connectivity index is 2.19. The van der Waals surface area contributed by atoms with Gasteiger partial charge in [0.1, 0.15) is 6.61 Å². The summed E-state index contributed by atoms with van der Waals surface area (Å²) < 4.78 is 4.46. The van der Waals surface area contributed by atoms with Crippen LogP contribution in [-0.2, 0) is 9.53 Å². The van der Waals surface area contributed by atoms with E-state index in [0.717, 1.165) is 0 Å². The molecule has 0 aromatic heterocycles. The molecule has 1 aliphatic rings. The molecule has 1 fully saturated rings. The first-order chi connectivity index (χ1) is 8.49. The molecule has 0 aliphatic carbocycles. The van der Waals surface area contributed by atoms with Gasteiger partial charge in [-0.05, 0) is 12.3 Å². The number of amides is 3. The van der Waals surface area contributed by atoms with Crippen molar-refractivity contribution >= 4 is 18.1 Å². The minimum Gasteiger partial charge on any atom is -0.481 e. The highest BCUT2D eigenvalue weighted by Crippen LogP contribution is 2.19. The first-order valence-corrected chi connectivity index (χ1v) is 5.66. The number of aliphatic carboxylic acids is 1. The van der Waals surface area contributed by atoms with Gasteiger partial charge in [0.05, 0.1) is 6.54 Å². The van der Waals surface area contributed by atoms with Crippen LogP contribution in [-0.4, -0.2) is 54.3 Å². The van der Waals surface area contributed by atoms with Crippen LogP contribution in [0.3, 0.4) is 0 Å². The number of ether oxygens (including phenoxy) is 1. The fraction of sp³-hybridized carbons (Fsp3) is 0.700. The minimum absolute atomic E-state index is 0.00937. The lowest BCUT2D eigenvalue weighted by molar-refractivity contribution is -0.138. The second kappa shape index (κ2) is 6.67. The minimum atomic E-state index is -0.882. The number of nitrogens with one attached hydrogen (secondary N) is 1. The van der Waals surface area contributed by atoms with Gasteiger partial charge in [0.2, 0.25) is 0 Å². The molecule has 0 aromatic rings. The maximum absolute atomic E-state index is 11.6. The van der Waals surface area contributed by atoms with E-state index >= 15 is 0 Å². The summed E-state index contributed by atoms with van der Waals surface area (Å²) in [6.07, 6.45) is -0.113. The number of likely N-dealkylation sites (tertiary alicyclic amines) is 1. The quantitative estimate of drug-likeness (QED) is 0.579. The van der Waals surface area contributed by atoms with Crippen LogP contribution in [0.2, 0.25) is 0 Å². The van der Waals surface area contributed by atoms with Crippen molar-refractivity contribution < 1.29 is 24.2 Å². The highest BCUT2D eigenvalue weighted by atomic mass is 16.5. The van der Waals surface area contributed by atoms with Crippen molar-refractivity contribution in [1.82, 2.24) is 10.2 Å². The van der Waals surface area contributed by atoms with E-state index < -0.39 is 12.1 Å². The summed E-state index contributed by atoms with van der Waals surface area (Å²) in [7, 11) is 0. The van der Waals surface area contributed by atoms with Crippen molar-refractivity contribution in [2.45, 2.75) is 12.8 Å². The van der Waals surface area contributed by atoms with E-state index in [1.807, 2.05) is 0 Å². The van der Waals surface area contributed by atoms with Crippen LogP contribution in [0.25, 0.3) is 0 Å². The van der Waals surface area contributed by atoms with Crippen LogP contribution < -0.4 is 11.1 Å². The molecule has 0 spiro atoms. The van der Waals surface area contributed by atoms with Gasteiger partial charge in [0.15, 0.2) is 0 Å². The molecule has 0 saturated carbocycles. The molecule has 4 N–H and O–H groups in total. The second-order valence-electron chi connectivity index (χ2n) is 4.10. The van der Waals surface area contributed by atoms with Gasteiger partial charge >= 0.3 is 18.1 Å². The summed E-state index contributed by atoms with van der Waals surface area (Å²) in [5.41, 5.74) is 4.76. The van der Waals surface area contributed by atoms with E-state index in [9.17, 15) is 14.4 Å². The molecule has 1 aliphatic heterocycles. The standard InChI is InChI=1S/C10H17N3O5/c11-9(16)18-4-2-12-10(17)13-3-1-7(6-13)5-8(14)15/h7H,1-6H2,(H2,11,16)(H,12,17)(H,14,15). The Hall–Kier alpha value is -1.99. The SMILES string of the molecule is NC(=O)OCCNC(=O)N1CCC(CC(=O)O)C1. The van der Waals surface area contributed by atoms with Crippen molar-refractivity contribution in [2.75, 3.05) is 26.2 Å². The highest BCUT2D eigenvalue weighted by molar-refractivity contribution is 5.74. The van der Waals surface area contributed by atoms with Crippen LogP contribution in [0, 0.1) is 5.92 Å². The van der Waals surface area contributed by atoms with Crippen LogP contribution in [0.4, 0.5) is 9.59 Å². The first-order valence-electron chi connectivity index (χ1n) is 5.66. The summed E-state index contributed by atoms with van der Waals surface area (Å²) in [5, 5.41) is 11.2. The number of hydrogen-bond donors (Lipinski definition) is 3. The van der Waals surface area contributed by atoms with E-state index in [-0.39, 0.29) is 31.5 Å². The lowest BCUT2D eigenvalue weighted by Gasteiger charge is -2.16. The van der Waals surface area contributed by atoms with Gasteiger partial charge in [-0.1, -0.05) is 0 Å². The number of carboxylic acid groups (broad SMARTS) is 1. The van der Waals surface area contributed by atoms with Gasteiger partial charge in [-0.15, -0.1) is 0 Å². The Kier molecular flexibility index (Phi) is 5.22. The van der Waals surface area contributed by atoms with Gasteiger partial charge in [-0.2, -0.15) is 0 Å². The zero-order valence-corrected chi connectivity index (χ0v) is 9.92. The third-order valence-electron chi connectivity index (χ3n) is 2.66. The van der Waals surface area contributed by atoms with Gasteiger partial charge in [0, 0.05) is 19.5 Å². The Morgan fingerprint density at radius 2 is 2.17 bits per heavy atom. The lowest BCUT2D eigenvalue weighted by atomic mass is 10.1. The number of urea groups is 1. The lowest BCUT2D eigenvalue weighted by Crippen LogP contribution is -2.40. The number of carbonyl (C=O) groups is 3. The number of primary amides is 1. The zero-order chi connectivity index (χ0) is 13.5. The van der Waals surface area contributed by atoms with E-state index in [1.165, 1.54) is 0 Å². The molecular formula is C10H17N3O5. The molecule has 1 rings (SSSR count). The van der Waals surface area contributed by atoms with Crippen molar-refractivity contribution in [3.63, 3.8) is 0 Å². The van der Waals surface area contributed by atoms with Crippen LogP contribution in [0.1, 0.15) is 12.8 Å². The van der Waals surface area contributed by atoms with Crippen LogP contribution in [0.15, 0.2) is 0 Å². The maximum atomic E-state index is 11.6. The smallest absolute Gasteiger partial charge is 0.404 e. The summed E-state index contributed by atoms with van der Waals surface area (Å²) in [5.74, 6) is -0.841. The molecule has 8 nitrogen and oxygen atoms in total. The summed E-state index contributed by atoms with van der Waals surface area (Å²) in [6, 6.07) is -0.282. The largest absolute Gasteiger partial charge is 0.481 e. The average molecular weight is 259 g/mol. The summed E-state index contributed by atoms with van der Waals surface area (Å²) in [6.45, 7) is 1.19. The third kappa shape index (κ3) is 4.89. The Morgan fingerprint density at radius 1 is 1.44 bits per heavy atom. The Morgan fingerprint density at radius 3 is 2.78 bits per heavy atom. The van der Waals surface area contributed by atoms with Gasteiger partial charge < -0.3 is 25.8 Å². The summed E-state index contributed by atoms with van der Waals surface area (Å²) in [4.78, 5) is 34.0. The molecule has 0 aromatic carbocycles. The molecule has 0 radical (unpaired) electrons. The molecule has 0 bridgehead atoms. The topological polar surface area (TPSA) is 122 Å². The molecule has 1 heterocycles. The molecule has 102 valence electrons. The number of carbonyl (C=O) groups excluding carboxylic acids is 2. The van der Waals surface area contributed by atoms with Crippen molar-refractivity contribution in [1.29, 1.82) is 0 Å². The molecular weight excluding hydrogens is 242 g/mol.